The first-order valence-electron chi connectivity index (χ1n) is 8.46. The van der Waals surface area contributed by atoms with Crippen LogP contribution in [0.4, 0.5) is 0 Å². The average Bonchev–Trinajstić information content (AvgIpc) is 2.47. The molecule has 0 heterocycles. The quantitative estimate of drug-likeness (QED) is 0.703. The van der Waals surface area contributed by atoms with Crippen molar-refractivity contribution in [1.29, 1.82) is 0 Å². The number of hydrogen-bond donors (Lipinski definition) is 2. The summed E-state index contributed by atoms with van der Waals surface area (Å²) in [5.74, 6) is 2.15. The van der Waals surface area contributed by atoms with Crippen LogP contribution in [0, 0.1) is 23.7 Å². The highest BCUT2D eigenvalue weighted by molar-refractivity contribution is 5.79. The van der Waals surface area contributed by atoms with Gasteiger partial charge in [-0.2, -0.15) is 0 Å². The number of carbonyl (C=O) groups excluding carboxylic acids is 1. The third-order valence-electron chi connectivity index (χ3n) is 4.66. The molecule has 3 heteroatoms. The summed E-state index contributed by atoms with van der Waals surface area (Å²) >= 11 is 0. The molecule has 0 aromatic carbocycles. The molecule has 1 saturated carbocycles. The van der Waals surface area contributed by atoms with Gasteiger partial charge in [0.2, 0.25) is 5.91 Å². The molecule has 124 valence electrons. The van der Waals surface area contributed by atoms with Crippen molar-refractivity contribution in [3.63, 3.8) is 0 Å². The third kappa shape index (κ3) is 6.08. The van der Waals surface area contributed by atoms with E-state index in [1.807, 2.05) is 12.2 Å². The van der Waals surface area contributed by atoms with E-state index in [0.717, 1.165) is 18.4 Å². The molecule has 22 heavy (non-hydrogen) atoms. The van der Waals surface area contributed by atoms with Gasteiger partial charge in [0.05, 0.1) is 0 Å². The molecule has 1 aliphatic rings. The second-order valence-electron chi connectivity index (χ2n) is 6.88. The molecule has 1 amide bonds. The van der Waals surface area contributed by atoms with Crippen molar-refractivity contribution in [2.24, 2.45) is 29.4 Å². The predicted molar refractivity (Wildman–Crippen MR) is 94.1 cm³/mol. The highest BCUT2D eigenvalue weighted by atomic mass is 16.1. The molecule has 1 aliphatic carbocycles. The van der Waals surface area contributed by atoms with E-state index < -0.39 is 0 Å². The van der Waals surface area contributed by atoms with E-state index in [9.17, 15) is 4.79 Å². The molecule has 0 unspecified atom stereocenters. The lowest BCUT2D eigenvalue weighted by atomic mass is 9.70. The Kier molecular flexibility index (Phi) is 8.00. The number of amides is 1. The summed E-state index contributed by atoms with van der Waals surface area (Å²) in [5.41, 5.74) is 6.26. The molecule has 0 aromatic heterocycles. The summed E-state index contributed by atoms with van der Waals surface area (Å²) in [6.07, 6.45) is 11.3. The smallest absolute Gasteiger partial charge is 0.223 e. The molecule has 3 N–H and O–H groups in total. The van der Waals surface area contributed by atoms with Gasteiger partial charge in [0.1, 0.15) is 0 Å². The molecule has 3 atom stereocenters. The van der Waals surface area contributed by atoms with E-state index >= 15 is 0 Å². The molecule has 0 spiro atoms. The van der Waals surface area contributed by atoms with Crippen LogP contribution in [0.3, 0.4) is 0 Å². The summed E-state index contributed by atoms with van der Waals surface area (Å²) in [7, 11) is 0. The Hall–Kier alpha value is -1.51. The summed E-state index contributed by atoms with van der Waals surface area (Å²) in [4.78, 5) is 12.5. The lowest BCUT2D eigenvalue weighted by molar-refractivity contribution is -0.129. The Morgan fingerprint density at radius 3 is 2.73 bits per heavy atom. The minimum absolute atomic E-state index is 0.174. The van der Waals surface area contributed by atoms with Gasteiger partial charge in [0.15, 0.2) is 0 Å². The zero-order valence-corrected chi connectivity index (χ0v) is 14.3. The van der Waals surface area contributed by atoms with Gasteiger partial charge in [-0.1, -0.05) is 51.5 Å². The molecule has 3 nitrogen and oxygen atoms in total. The van der Waals surface area contributed by atoms with E-state index in [0.29, 0.717) is 24.3 Å². The van der Waals surface area contributed by atoms with Gasteiger partial charge in [-0.25, -0.2) is 0 Å². The first kappa shape index (κ1) is 18.5. The van der Waals surface area contributed by atoms with Gasteiger partial charge in [-0.15, -0.1) is 0 Å². The Balaban J connectivity index is 2.44. The van der Waals surface area contributed by atoms with Crippen molar-refractivity contribution in [3.8, 4) is 0 Å². The standard InChI is InChI=1S/C19H32N2O/c1-14(2)17-9-8-16(4)13-18(17)19(22)21-12-10-15(3)7-5-6-11-20/h5-7,11,14,16-18H,3,8-10,12-13,20H2,1-2,4H3,(H,21,22)/b7-5-,11-6-/t16-,17+,18-/m1/s1. The Bertz CT molecular complexity index is 423. The van der Waals surface area contributed by atoms with Crippen molar-refractivity contribution < 1.29 is 4.79 Å². The summed E-state index contributed by atoms with van der Waals surface area (Å²) in [6, 6.07) is 0. The fourth-order valence-electron chi connectivity index (χ4n) is 3.32. The summed E-state index contributed by atoms with van der Waals surface area (Å²) in [6.45, 7) is 11.4. The molecule has 1 fully saturated rings. The van der Waals surface area contributed by atoms with E-state index in [-0.39, 0.29) is 11.8 Å². The van der Waals surface area contributed by atoms with Gasteiger partial charge < -0.3 is 11.1 Å². The second kappa shape index (κ2) is 9.50. The normalized spacial score (nSPS) is 25.9. The van der Waals surface area contributed by atoms with Crippen molar-refractivity contribution >= 4 is 5.91 Å². The first-order chi connectivity index (χ1) is 10.5. The Labute approximate surface area is 135 Å². The fourth-order valence-corrected chi connectivity index (χ4v) is 3.32. The van der Waals surface area contributed by atoms with Crippen LogP contribution >= 0.6 is 0 Å². The van der Waals surface area contributed by atoms with Gasteiger partial charge in [0, 0.05) is 12.5 Å². The van der Waals surface area contributed by atoms with Gasteiger partial charge >= 0.3 is 0 Å². The van der Waals surface area contributed by atoms with Crippen LogP contribution in [0.25, 0.3) is 0 Å². The summed E-state index contributed by atoms with van der Waals surface area (Å²) < 4.78 is 0. The van der Waals surface area contributed by atoms with Crippen molar-refractivity contribution in [3.05, 3.63) is 36.6 Å². The van der Waals surface area contributed by atoms with Gasteiger partial charge in [-0.3, -0.25) is 4.79 Å². The maximum Gasteiger partial charge on any atom is 0.223 e. The zero-order valence-electron chi connectivity index (χ0n) is 14.3. The van der Waals surface area contributed by atoms with Crippen LogP contribution in [0.5, 0.6) is 0 Å². The largest absolute Gasteiger partial charge is 0.405 e. The van der Waals surface area contributed by atoms with Crippen LogP contribution in [0.15, 0.2) is 36.6 Å². The monoisotopic (exact) mass is 304 g/mol. The maximum atomic E-state index is 12.5. The number of nitrogens with one attached hydrogen (secondary N) is 1. The molecule has 0 saturated heterocycles. The van der Waals surface area contributed by atoms with Crippen molar-refractivity contribution in [1.82, 2.24) is 5.32 Å². The molecule has 1 rings (SSSR count). The van der Waals surface area contributed by atoms with E-state index in [1.54, 1.807) is 6.08 Å². The maximum absolute atomic E-state index is 12.5. The zero-order chi connectivity index (χ0) is 16.5. The van der Waals surface area contributed by atoms with Crippen LogP contribution in [0.1, 0.15) is 46.5 Å². The van der Waals surface area contributed by atoms with Crippen LogP contribution in [0.2, 0.25) is 0 Å². The summed E-state index contributed by atoms with van der Waals surface area (Å²) in [5, 5.41) is 3.10. The van der Waals surface area contributed by atoms with Crippen LogP contribution in [-0.2, 0) is 4.79 Å². The van der Waals surface area contributed by atoms with E-state index in [4.69, 9.17) is 5.73 Å². The second-order valence-corrected chi connectivity index (χ2v) is 6.88. The average molecular weight is 304 g/mol. The lowest BCUT2D eigenvalue weighted by Crippen LogP contribution is -2.40. The molecule has 0 bridgehead atoms. The highest BCUT2D eigenvalue weighted by Crippen LogP contribution is 2.38. The number of hydrogen-bond acceptors (Lipinski definition) is 2. The van der Waals surface area contributed by atoms with E-state index in [2.05, 4.69) is 32.7 Å². The number of rotatable bonds is 7. The SMILES string of the molecule is C=C(/C=C\C=C/N)CCNC(=O)[C@@H]1C[C@H](C)CC[C@H]1C(C)C. The van der Waals surface area contributed by atoms with Gasteiger partial charge in [-0.05, 0) is 49.3 Å². The fraction of sp³-hybridized carbons (Fsp3) is 0.632. The van der Waals surface area contributed by atoms with E-state index in [1.165, 1.54) is 19.0 Å². The molecule has 0 radical (unpaired) electrons. The highest BCUT2D eigenvalue weighted by Gasteiger charge is 2.35. The molecule has 0 aromatic rings. The minimum Gasteiger partial charge on any atom is -0.405 e. The van der Waals surface area contributed by atoms with Gasteiger partial charge in [0.25, 0.3) is 0 Å². The molecular formula is C19H32N2O. The van der Waals surface area contributed by atoms with Crippen LogP contribution in [-0.4, -0.2) is 12.5 Å². The van der Waals surface area contributed by atoms with Crippen LogP contribution < -0.4 is 11.1 Å². The van der Waals surface area contributed by atoms with Crippen molar-refractivity contribution in [2.45, 2.75) is 46.5 Å². The molecular weight excluding hydrogens is 272 g/mol. The lowest BCUT2D eigenvalue weighted by Gasteiger charge is -2.36. The van der Waals surface area contributed by atoms with Crippen molar-refractivity contribution in [2.75, 3.05) is 6.54 Å². The predicted octanol–water partition coefficient (Wildman–Crippen LogP) is 3.79. The molecule has 0 aliphatic heterocycles. The minimum atomic E-state index is 0.174. The Morgan fingerprint density at radius 1 is 1.36 bits per heavy atom. The number of carbonyl (C=O) groups is 1. The number of allylic oxidation sites excluding steroid dienone is 3. The number of nitrogens with two attached hydrogens (primary N) is 1. The topological polar surface area (TPSA) is 55.1 Å². The third-order valence-corrected chi connectivity index (χ3v) is 4.66. The first-order valence-corrected chi connectivity index (χ1v) is 8.46. The Morgan fingerprint density at radius 2 is 2.09 bits per heavy atom.